The standard InChI is InChI=1S/C15H21BrFNO/c16-14-8-7-13(11-15(14)17)19-10-4-2-1-3-9-18-12-5-6-12/h7-8,11-12,18H,1-6,9-10H2. The first-order chi connectivity index (χ1) is 9.25. The zero-order valence-electron chi connectivity index (χ0n) is 11.1. The van der Waals surface area contributed by atoms with Gasteiger partial charge in [0.1, 0.15) is 11.6 Å². The molecule has 1 aliphatic carbocycles. The van der Waals surface area contributed by atoms with Gasteiger partial charge in [-0.25, -0.2) is 4.39 Å². The Morgan fingerprint density at radius 1 is 1.21 bits per heavy atom. The summed E-state index contributed by atoms with van der Waals surface area (Å²) in [6, 6.07) is 5.69. The molecule has 0 bridgehead atoms. The lowest BCUT2D eigenvalue weighted by molar-refractivity contribution is 0.303. The van der Waals surface area contributed by atoms with Gasteiger partial charge in [-0.15, -0.1) is 0 Å². The maximum absolute atomic E-state index is 13.2. The summed E-state index contributed by atoms with van der Waals surface area (Å²) < 4.78 is 19.2. The van der Waals surface area contributed by atoms with Crippen LogP contribution in [0.1, 0.15) is 38.5 Å². The van der Waals surface area contributed by atoms with Gasteiger partial charge in [-0.2, -0.15) is 0 Å². The molecule has 0 radical (unpaired) electrons. The first-order valence-corrected chi connectivity index (χ1v) is 7.86. The summed E-state index contributed by atoms with van der Waals surface area (Å²) in [4.78, 5) is 0. The molecule has 1 aromatic rings. The zero-order valence-corrected chi connectivity index (χ0v) is 12.7. The Kier molecular flexibility index (Phi) is 6.11. The molecule has 0 unspecified atom stereocenters. The second-order valence-electron chi connectivity index (χ2n) is 5.07. The zero-order chi connectivity index (χ0) is 13.5. The fraction of sp³-hybridized carbons (Fsp3) is 0.600. The van der Waals surface area contributed by atoms with Crippen LogP contribution in [0.5, 0.6) is 5.75 Å². The number of halogens is 2. The summed E-state index contributed by atoms with van der Waals surface area (Å²) in [7, 11) is 0. The molecule has 0 aliphatic heterocycles. The molecule has 0 amide bonds. The number of ether oxygens (including phenoxy) is 1. The topological polar surface area (TPSA) is 21.3 Å². The van der Waals surface area contributed by atoms with E-state index in [0.29, 0.717) is 16.8 Å². The van der Waals surface area contributed by atoms with Crippen molar-refractivity contribution in [3.8, 4) is 5.75 Å². The Labute approximate surface area is 122 Å². The highest BCUT2D eigenvalue weighted by molar-refractivity contribution is 9.10. The minimum absolute atomic E-state index is 0.274. The molecule has 1 N–H and O–H groups in total. The molecule has 1 saturated carbocycles. The van der Waals surface area contributed by atoms with E-state index in [4.69, 9.17) is 4.74 Å². The van der Waals surface area contributed by atoms with Crippen molar-refractivity contribution in [1.29, 1.82) is 0 Å². The number of nitrogens with one attached hydrogen (secondary N) is 1. The summed E-state index contributed by atoms with van der Waals surface area (Å²) in [5.41, 5.74) is 0. The van der Waals surface area contributed by atoms with Crippen LogP contribution in [0.2, 0.25) is 0 Å². The van der Waals surface area contributed by atoms with Crippen LogP contribution in [-0.4, -0.2) is 19.2 Å². The number of rotatable bonds is 9. The molecule has 1 aliphatic rings. The number of hydrogen-bond donors (Lipinski definition) is 1. The van der Waals surface area contributed by atoms with Crippen LogP contribution in [0, 0.1) is 5.82 Å². The molecule has 0 aromatic heterocycles. The average Bonchev–Trinajstić information content (AvgIpc) is 3.21. The van der Waals surface area contributed by atoms with E-state index in [1.807, 2.05) is 0 Å². The summed E-state index contributed by atoms with van der Waals surface area (Å²) in [6.07, 6.45) is 7.39. The monoisotopic (exact) mass is 329 g/mol. The highest BCUT2D eigenvalue weighted by atomic mass is 79.9. The van der Waals surface area contributed by atoms with Crippen molar-refractivity contribution in [2.75, 3.05) is 13.2 Å². The van der Waals surface area contributed by atoms with Gasteiger partial charge in [0, 0.05) is 12.1 Å². The fourth-order valence-electron chi connectivity index (χ4n) is 1.93. The Balaban J connectivity index is 1.47. The normalized spacial score (nSPS) is 14.6. The predicted octanol–water partition coefficient (Wildman–Crippen LogP) is 4.28. The first kappa shape index (κ1) is 14.8. The predicted molar refractivity (Wildman–Crippen MR) is 79.1 cm³/mol. The van der Waals surface area contributed by atoms with Crippen molar-refractivity contribution in [3.63, 3.8) is 0 Å². The minimum Gasteiger partial charge on any atom is -0.493 e. The lowest BCUT2D eigenvalue weighted by atomic mass is 10.2. The maximum Gasteiger partial charge on any atom is 0.141 e. The third-order valence-corrected chi connectivity index (χ3v) is 3.88. The molecule has 2 nitrogen and oxygen atoms in total. The summed E-state index contributed by atoms with van der Waals surface area (Å²) in [5, 5.41) is 3.51. The highest BCUT2D eigenvalue weighted by Gasteiger charge is 2.19. The molecule has 0 spiro atoms. The molecule has 0 saturated heterocycles. The largest absolute Gasteiger partial charge is 0.493 e. The molecular formula is C15H21BrFNO. The molecule has 19 heavy (non-hydrogen) atoms. The average molecular weight is 330 g/mol. The molecule has 106 valence electrons. The minimum atomic E-state index is -0.274. The Morgan fingerprint density at radius 3 is 2.74 bits per heavy atom. The summed E-state index contributed by atoms with van der Waals surface area (Å²) in [5.74, 6) is 0.333. The molecule has 0 atom stereocenters. The van der Waals surface area contributed by atoms with Crippen molar-refractivity contribution in [3.05, 3.63) is 28.5 Å². The SMILES string of the molecule is Fc1cc(OCCCCCCNC2CC2)ccc1Br. The third-order valence-electron chi connectivity index (χ3n) is 3.24. The molecular weight excluding hydrogens is 309 g/mol. The molecule has 1 fully saturated rings. The number of unbranched alkanes of at least 4 members (excludes halogenated alkanes) is 3. The van der Waals surface area contributed by atoms with Crippen LogP contribution in [0.25, 0.3) is 0 Å². The Morgan fingerprint density at radius 2 is 2.00 bits per heavy atom. The van der Waals surface area contributed by atoms with E-state index >= 15 is 0 Å². The van der Waals surface area contributed by atoms with Crippen LogP contribution < -0.4 is 10.1 Å². The van der Waals surface area contributed by atoms with Gasteiger partial charge in [0.25, 0.3) is 0 Å². The Hall–Kier alpha value is -0.610. The van der Waals surface area contributed by atoms with Crippen LogP contribution in [-0.2, 0) is 0 Å². The van der Waals surface area contributed by atoms with Gasteiger partial charge in [0.2, 0.25) is 0 Å². The van der Waals surface area contributed by atoms with E-state index in [2.05, 4.69) is 21.2 Å². The van der Waals surface area contributed by atoms with E-state index in [0.717, 1.165) is 19.0 Å². The lowest BCUT2D eigenvalue weighted by Gasteiger charge is -2.07. The fourth-order valence-corrected chi connectivity index (χ4v) is 2.18. The van der Waals surface area contributed by atoms with Gasteiger partial charge in [-0.1, -0.05) is 12.8 Å². The van der Waals surface area contributed by atoms with Gasteiger partial charge in [0.15, 0.2) is 0 Å². The van der Waals surface area contributed by atoms with E-state index in [1.165, 1.54) is 38.2 Å². The van der Waals surface area contributed by atoms with E-state index in [1.54, 1.807) is 12.1 Å². The lowest BCUT2D eigenvalue weighted by Crippen LogP contribution is -2.17. The van der Waals surface area contributed by atoms with Crippen molar-refractivity contribution in [2.45, 2.75) is 44.6 Å². The second kappa shape index (κ2) is 7.85. The van der Waals surface area contributed by atoms with Crippen LogP contribution in [0.4, 0.5) is 4.39 Å². The molecule has 2 rings (SSSR count). The van der Waals surface area contributed by atoms with Crippen LogP contribution in [0.3, 0.4) is 0 Å². The van der Waals surface area contributed by atoms with Crippen molar-refractivity contribution in [1.82, 2.24) is 5.32 Å². The molecule has 0 heterocycles. The van der Waals surface area contributed by atoms with Gasteiger partial charge in [-0.05, 0) is 60.3 Å². The quantitative estimate of drug-likeness (QED) is 0.683. The van der Waals surface area contributed by atoms with E-state index in [-0.39, 0.29) is 5.82 Å². The van der Waals surface area contributed by atoms with Gasteiger partial charge < -0.3 is 10.1 Å². The van der Waals surface area contributed by atoms with Gasteiger partial charge in [0.05, 0.1) is 11.1 Å². The Bertz CT molecular complexity index is 396. The third kappa shape index (κ3) is 5.91. The summed E-state index contributed by atoms with van der Waals surface area (Å²) >= 11 is 3.12. The van der Waals surface area contributed by atoms with E-state index in [9.17, 15) is 4.39 Å². The van der Waals surface area contributed by atoms with Crippen LogP contribution in [0.15, 0.2) is 22.7 Å². The van der Waals surface area contributed by atoms with Gasteiger partial charge in [-0.3, -0.25) is 0 Å². The van der Waals surface area contributed by atoms with Crippen molar-refractivity contribution < 1.29 is 9.13 Å². The van der Waals surface area contributed by atoms with Gasteiger partial charge >= 0.3 is 0 Å². The second-order valence-corrected chi connectivity index (χ2v) is 5.92. The maximum atomic E-state index is 13.2. The molecule has 4 heteroatoms. The summed E-state index contributed by atoms with van der Waals surface area (Å²) in [6.45, 7) is 1.81. The number of benzene rings is 1. The van der Waals surface area contributed by atoms with Crippen molar-refractivity contribution >= 4 is 15.9 Å². The number of hydrogen-bond acceptors (Lipinski definition) is 2. The molecule has 1 aromatic carbocycles. The highest BCUT2D eigenvalue weighted by Crippen LogP contribution is 2.21. The van der Waals surface area contributed by atoms with Crippen molar-refractivity contribution in [2.24, 2.45) is 0 Å². The first-order valence-electron chi connectivity index (χ1n) is 7.07. The van der Waals surface area contributed by atoms with E-state index < -0.39 is 0 Å². The smallest absolute Gasteiger partial charge is 0.141 e. The van der Waals surface area contributed by atoms with Crippen LogP contribution >= 0.6 is 15.9 Å².